The van der Waals surface area contributed by atoms with E-state index in [2.05, 4.69) is 77.8 Å². The highest BCUT2D eigenvalue weighted by molar-refractivity contribution is 5.56. The third-order valence-corrected chi connectivity index (χ3v) is 4.72. The first-order valence-electron chi connectivity index (χ1n) is 9.93. The Morgan fingerprint density at radius 1 is 0.966 bits per heavy atom. The Morgan fingerprint density at radius 2 is 1.72 bits per heavy atom. The largest absolute Gasteiger partial charge is 0.497 e. The first-order chi connectivity index (χ1) is 13.8. The number of nitrogens with one attached hydrogen (secondary N) is 2. The molecule has 0 aliphatic rings. The van der Waals surface area contributed by atoms with E-state index in [9.17, 15) is 0 Å². The zero-order valence-electron chi connectivity index (χ0n) is 17.9. The molecule has 0 aliphatic heterocycles. The zero-order valence-corrected chi connectivity index (χ0v) is 17.9. The maximum Gasteiger partial charge on any atom is 0.229 e. The van der Waals surface area contributed by atoms with Gasteiger partial charge in [0.15, 0.2) is 0 Å². The number of aryl methyl sites for hydroxylation is 1. The van der Waals surface area contributed by atoms with E-state index < -0.39 is 0 Å². The van der Waals surface area contributed by atoms with Crippen molar-refractivity contribution in [1.82, 2.24) is 9.97 Å². The van der Waals surface area contributed by atoms with Crippen molar-refractivity contribution in [2.75, 3.05) is 24.3 Å². The molecule has 5 nitrogen and oxygen atoms in total. The van der Waals surface area contributed by atoms with Gasteiger partial charge in [-0.15, -0.1) is 0 Å². The number of aromatic nitrogens is 2. The maximum absolute atomic E-state index is 5.28. The number of ether oxygens (including phenoxy) is 1. The summed E-state index contributed by atoms with van der Waals surface area (Å²) in [7, 11) is 1.69. The lowest BCUT2D eigenvalue weighted by Gasteiger charge is -2.19. The second kappa shape index (κ2) is 8.95. The van der Waals surface area contributed by atoms with Gasteiger partial charge in [0.2, 0.25) is 5.95 Å². The summed E-state index contributed by atoms with van der Waals surface area (Å²) in [6.45, 7) is 9.39. The van der Waals surface area contributed by atoms with E-state index in [1.54, 1.807) is 7.11 Å². The molecule has 0 bridgehead atoms. The van der Waals surface area contributed by atoms with Gasteiger partial charge in [-0.2, -0.15) is 4.98 Å². The Hall–Kier alpha value is -3.08. The van der Waals surface area contributed by atoms with Crippen LogP contribution < -0.4 is 15.4 Å². The third kappa shape index (κ3) is 5.95. The predicted octanol–water partition coefficient (Wildman–Crippen LogP) is 5.49. The van der Waals surface area contributed by atoms with Gasteiger partial charge < -0.3 is 15.4 Å². The van der Waals surface area contributed by atoms with Crippen molar-refractivity contribution in [2.45, 2.75) is 39.5 Å². The zero-order chi connectivity index (χ0) is 20.9. The fourth-order valence-electron chi connectivity index (χ4n) is 3.06. The first-order valence-corrected chi connectivity index (χ1v) is 9.93. The quantitative estimate of drug-likeness (QED) is 0.559. The van der Waals surface area contributed by atoms with Crippen LogP contribution in [-0.2, 0) is 11.8 Å². The van der Waals surface area contributed by atoms with Gasteiger partial charge in [-0.05, 0) is 54.2 Å². The molecular weight excluding hydrogens is 360 g/mol. The fraction of sp³-hybridized carbons (Fsp3) is 0.333. The molecule has 5 heteroatoms. The van der Waals surface area contributed by atoms with E-state index in [-0.39, 0.29) is 5.41 Å². The van der Waals surface area contributed by atoms with Crippen LogP contribution in [0, 0.1) is 6.92 Å². The lowest BCUT2D eigenvalue weighted by Crippen LogP contribution is -2.11. The SMILES string of the molecule is COc1cccc(CCNc2cc(C)nc(Nc3ccc(C(C)(C)C)cc3)n2)c1. The van der Waals surface area contributed by atoms with Crippen molar-refractivity contribution in [1.29, 1.82) is 0 Å². The number of methoxy groups -OCH3 is 1. The molecule has 3 rings (SSSR count). The molecule has 0 amide bonds. The number of hydrogen-bond donors (Lipinski definition) is 2. The van der Waals surface area contributed by atoms with Gasteiger partial charge in [-0.3, -0.25) is 0 Å². The minimum Gasteiger partial charge on any atom is -0.497 e. The van der Waals surface area contributed by atoms with Crippen LogP contribution in [0.15, 0.2) is 54.6 Å². The molecule has 152 valence electrons. The van der Waals surface area contributed by atoms with E-state index >= 15 is 0 Å². The Labute approximate surface area is 173 Å². The van der Waals surface area contributed by atoms with Crippen LogP contribution in [0.4, 0.5) is 17.5 Å². The lowest BCUT2D eigenvalue weighted by molar-refractivity contribution is 0.414. The number of hydrogen-bond acceptors (Lipinski definition) is 5. The highest BCUT2D eigenvalue weighted by Crippen LogP contribution is 2.24. The Bertz CT molecular complexity index is 946. The van der Waals surface area contributed by atoms with E-state index in [0.717, 1.165) is 35.9 Å². The number of rotatable bonds is 7. The van der Waals surface area contributed by atoms with Crippen LogP contribution in [0.1, 0.15) is 37.6 Å². The van der Waals surface area contributed by atoms with Crippen molar-refractivity contribution >= 4 is 17.5 Å². The van der Waals surface area contributed by atoms with Gasteiger partial charge in [0.1, 0.15) is 11.6 Å². The summed E-state index contributed by atoms with van der Waals surface area (Å²) in [5, 5.41) is 6.70. The molecule has 0 fully saturated rings. The maximum atomic E-state index is 5.28. The number of nitrogens with zero attached hydrogens (tertiary/aromatic N) is 2. The number of anilines is 3. The topological polar surface area (TPSA) is 59.1 Å². The van der Waals surface area contributed by atoms with Crippen molar-refractivity contribution in [2.24, 2.45) is 0 Å². The van der Waals surface area contributed by atoms with Crippen molar-refractivity contribution in [3.63, 3.8) is 0 Å². The van der Waals surface area contributed by atoms with Gasteiger partial charge in [0.25, 0.3) is 0 Å². The lowest BCUT2D eigenvalue weighted by atomic mass is 9.87. The predicted molar refractivity (Wildman–Crippen MR) is 120 cm³/mol. The summed E-state index contributed by atoms with van der Waals surface area (Å²) in [5.74, 6) is 2.29. The van der Waals surface area contributed by atoms with Gasteiger partial charge >= 0.3 is 0 Å². The summed E-state index contributed by atoms with van der Waals surface area (Å²) in [6, 6.07) is 18.5. The van der Waals surface area contributed by atoms with Crippen molar-refractivity contribution in [3.8, 4) is 5.75 Å². The average molecular weight is 391 g/mol. The summed E-state index contributed by atoms with van der Waals surface area (Å²) in [4.78, 5) is 9.12. The first kappa shape index (κ1) is 20.6. The van der Waals surface area contributed by atoms with Crippen LogP contribution in [0.5, 0.6) is 5.75 Å². The highest BCUT2D eigenvalue weighted by atomic mass is 16.5. The molecule has 29 heavy (non-hydrogen) atoms. The summed E-state index contributed by atoms with van der Waals surface area (Å²) in [5.41, 5.74) is 4.55. The Balaban J connectivity index is 1.63. The molecule has 1 heterocycles. The Morgan fingerprint density at radius 3 is 2.41 bits per heavy atom. The van der Waals surface area contributed by atoms with Crippen LogP contribution in [-0.4, -0.2) is 23.6 Å². The van der Waals surface area contributed by atoms with Crippen molar-refractivity contribution in [3.05, 3.63) is 71.4 Å². The van der Waals surface area contributed by atoms with E-state index in [1.807, 2.05) is 25.1 Å². The molecule has 2 aromatic carbocycles. The molecule has 0 saturated carbocycles. The van der Waals surface area contributed by atoms with E-state index in [4.69, 9.17) is 4.74 Å². The molecule has 0 aliphatic carbocycles. The minimum atomic E-state index is 0.137. The van der Waals surface area contributed by atoms with Crippen LogP contribution in [0.25, 0.3) is 0 Å². The summed E-state index contributed by atoms with van der Waals surface area (Å²) in [6.07, 6.45) is 0.886. The van der Waals surface area contributed by atoms with Gasteiger partial charge in [0.05, 0.1) is 7.11 Å². The molecule has 3 aromatic rings. The molecule has 0 radical (unpaired) electrons. The molecule has 0 saturated heterocycles. The fourth-order valence-corrected chi connectivity index (χ4v) is 3.06. The minimum absolute atomic E-state index is 0.137. The van der Waals surface area contributed by atoms with E-state index in [1.165, 1.54) is 11.1 Å². The molecule has 0 spiro atoms. The molecule has 0 unspecified atom stereocenters. The monoisotopic (exact) mass is 390 g/mol. The van der Waals surface area contributed by atoms with Crippen LogP contribution in [0.2, 0.25) is 0 Å². The smallest absolute Gasteiger partial charge is 0.229 e. The second-order valence-corrected chi connectivity index (χ2v) is 8.20. The molecule has 0 atom stereocenters. The average Bonchev–Trinajstić information content (AvgIpc) is 2.67. The van der Waals surface area contributed by atoms with Gasteiger partial charge in [0, 0.05) is 24.0 Å². The van der Waals surface area contributed by atoms with Gasteiger partial charge in [-0.25, -0.2) is 4.98 Å². The standard InChI is InChI=1S/C24H30N4O/c1-17-15-22(25-14-13-18-7-6-8-21(16-18)29-5)28-23(26-17)27-20-11-9-19(10-12-20)24(2,3)4/h6-12,15-16H,13-14H2,1-5H3,(H2,25,26,27,28). The Kier molecular flexibility index (Phi) is 6.37. The molecular formula is C24H30N4O. The third-order valence-electron chi connectivity index (χ3n) is 4.72. The van der Waals surface area contributed by atoms with Crippen LogP contribution in [0.3, 0.4) is 0 Å². The van der Waals surface area contributed by atoms with Crippen molar-refractivity contribution < 1.29 is 4.74 Å². The highest BCUT2D eigenvalue weighted by Gasteiger charge is 2.13. The summed E-state index contributed by atoms with van der Waals surface area (Å²) < 4.78 is 5.28. The molecule has 1 aromatic heterocycles. The molecule has 2 N–H and O–H groups in total. The normalized spacial score (nSPS) is 11.2. The number of benzene rings is 2. The van der Waals surface area contributed by atoms with Gasteiger partial charge in [-0.1, -0.05) is 45.0 Å². The van der Waals surface area contributed by atoms with E-state index in [0.29, 0.717) is 5.95 Å². The second-order valence-electron chi connectivity index (χ2n) is 8.20. The summed E-state index contributed by atoms with van der Waals surface area (Å²) >= 11 is 0. The van der Waals surface area contributed by atoms with Crippen LogP contribution >= 0.6 is 0 Å².